The predicted molar refractivity (Wildman–Crippen MR) is 84.5 cm³/mol. The summed E-state index contributed by atoms with van der Waals surface area (Å²) >= 11 is 12.7. The van der Waals surface area contributed by atoms with E-state index in [0.29, 0.717) is 16.5 Å². The summed E-state index contributed by atoms with van der Waals surface area (Å²) in [5, 5.41) is 4.03. The van der Waals surface area contributed by atoms with Crippen LogP contribution < -0.4 is 5.32 Å². The van der Waals surface area contributed by atoms with Gasteiger partial charge in [0.2, 0.25) is 5.91 Å². The lowest BCUT2D eigenvalue weighted by atomic mass is 9.96. The molecule has 1 atom stereocenters. The lowest BCUT2D eigenvalue weighted by molar-refractivity contribution is -0.122. The number of carbonyl (C=O) groups excluding carboxylic acids is 1. The summed E-state index contributed by atoms with van der Waals surface area (Å²) in [6.07, 6.45) is 4.90. The number of carbonyl (C=O) groups is 1. The van der Waals surface area contributed by atoms with Crippen molar-refractivity contribution in [3.05, 3.63) is 52.3 Å². The quantitative estimate of drug-likeness (QED) is 0.936. The van der Waals surface area contributed by atoms with Crippen LogP contribution >= 0.6 is 23.2 Å². The van der Waals surface area contributed by atoms with Crippen molar-refractivity contribution in [2.45, 2.75) is 12.8 Å². The Balaban J connectivity index is 1.91. The fourth-order valence-electron chi connectivity index (χ4n) is 2.58. The van der Waals surface area contributed by atoms with Gasteiger partial charge in [0.1, 0.15) is 0 Å². The van der Waals surface area contributed by atoms with Gasteiger partial charge in [-0.1, -0.05) is 29.3 Å². The number of benzene rings is 1. The Labute approximate surface area is 133 Å². The van der Waals surface area contributed by atoms with E-state index in [0.717, 1.165) is 29.7 Å². The molecule has 1 aliphatic heterocycles. The normalized spacial score (nSPS) is 17.8. The molecule has 0 bridgehead atoms. The molecule has 5 heteroatoms. The fraction of sp³-hybridized carbons (Fsp3) is 0.250. The van der Waals surface area contributed by atoms with E-state index >= 15 is 0 Å². The van der Waals surface area contributed by atoms with Crippen LogP contribution in [0.3, 0.4) is 0 Å². The molecule has 1 N–H and O–H groups in total. The van der Waals surface area contributed by atoms with Crippen LogP contribution in [0.15, 0.2) is 36.7 Å². The minimum atomic E-state index is -0.0377. The van der Waals surface area contributed by atoms with E-state index in [2.05, 4.69) is 10.3 Å². The largest absolute Gasteiger partial charge is 0.356 e. The molecule has 108 valence electrons. The lowest BCUT2D eigenvalue weighted by Gasteiger charge is -2.13. The number of hydrogen-bond acceptors (Lipinski definition) is 2. The highest BCUT2D eigenvalue weighted by molar-refractivity contribution is 6.36. The Bertz CT molecular complexity index is 650. The van der Waals surface area contributed by atoms with Gasteiger partial charge in [0.25, 0.3) is 0 Å². The molecule has 0 saturated carbocycles. The van der Waals surface area contributed by atoms with Crippen molar-refractivity contribution >= 4 is 29.1 Å². The zero-order valence-corrected chi connectivity index (χ0v) is 12.8. The average Bonchev–Trinajstić information content (AvgIpc) is 2.89. The Morgan fingerprint density at radius 3 is 2.57 bits per heavy atom. The van der Waals surface area contributed by atoms with Crippen LogP contribution in [0, 0.1) is 5.92 Å². The Morgan fingerprint density at radius 1 is 1.24 bits per heavy atom. The van der Waals surface area contributed by atoms with Crippen LogP contribution in [-0.2, 0) is 11.2 Å². The monoisotopic (exact) mass is 320 g/mol. The van der Waals surface area contributed by atoms with E-state index in [9.17, 15) is 4.79 Å². The van der Waals surface area contributed by atoms with Crippen LogP contribution in [0.4, 0.5) is 0 Å². The molecule has 0 aliphatic carbocycles. The molecular weight excluding hydrogens is 307 g/mol. The molecule has 1 amide bonds. The van der Waals surface area contributed by atoms with Crippen molar-refractivity contribution in [1.29, 1.82) is 0 Å². The maximum atomic E-state index is 11.7. The number of hydrogen-bond donors (Lipinski definition) is 1. The topological polar surface area (TPSA) is 42.0 Å². The summed E-state index contributed by atoms with van der Waals surface area (Å²) in [6.45, 7) is 0.729. The van der Waals surface area contributed by atoms with Crippen LogP contribution in [0.5, 0.6) is 0 Å². The number of halogens is 2. The molecule has 1 fully saturated rings. The molecule has 0 radical (unpaired) electrons. The van der Waals surface area contributed by atoms with Crippen LogP contribution in [0.2, 0.25) is 10.0 Å². The molecule has 2 aromatic rings. The molecule has 1 aromatic heterocycles. The maximum Gasteiger partial charge on any atom is 0.223 e. The lowest BCUT2D eigenvalue weighted by Crippen LogP contribution is -2.20. The van der Waals surface area contributed by atoms with Gasteiger partial charge in [0.05, 0.1) is 0 Å². The SMILES string of the molecule is O=C1NCCC1Cc1c(Cl)cc(-c2cccnc2)cc1Cl. The highest BCUT2D eigenvalue weighted by atomic mass is 35.5. The van der Waals surface area contributed by atoms with Crippen molar-refractivity contribution in [2.75, 3.05) is 6.54 Å². The highest BCUT2D eigenvalue weighted by Crippen LogP contribution is 2.34. The van der Waals surface area contributed by atoms with Crippen LogP contribution in [0.25, 0.3) is 11.1 Å². The van der Waals surface area contributed by atoms with Crippen molar-refractivity contribution < 1.29 is 4.79 Å². The molecule has 1 saturated heterocycles. The van der Waals surface area contributed by atoms with Gasteiger partial charge in [0.15, 0.2) is 0 Å². The first kappa shape index (κ1) is 14.4. The molecule has 21 heavy (non-hydrogen) atoms. The van der Waals surface area contributed by atoms with Crippen LogP contribution in [-0.4, -0.2) is 17.4 Å². The Hall–Kier alpha value is -1.58. The van der Waals surface area contributed by atoms with E-state index in [1.807, 2.05) is 24.3 Å². The summed E-state index contributed by atoms with van der Waals surface area (Å²) in [6, 6.07) is 7.59. The number of aromatic nitrogens is 1. The van der Waals surface area contributed by atoms with Gasteiger partial charge in [-0.3, -0.25) is 9.78 Å². The van der Waals surface area contributed by atoms with Crippen molar-refractivity contribution in [1.82, 2.24) is 10.3 Å². The summed E-state index contributed by atoms with van der Waals surface area (Å²) in [5.74, 6) is 0.0442. The van der Waals surface area contributed by atoms with Gasteiger partial charge >= 0.3 is 0 Å². The van der Waals surface area contributed by atoms with Crippen molar-refractivity contribution in [3.8, 4) is 11.1 Å². The zero-order chi connectivity index (χ0) is 14.8. The molecule has 3 nitrogen and oxygen atoms in total. The Kier molecular flexibility index (Phi) is 4.13. The highest BCUT2D eigenvalue weighted by Gasteiger charge is 2.26. The molecule has 0 spiro atoms. The van der Waals surface area contributed by atoms with Gasteiger partial charge in [0, 0.05) is 40.5 Å². The van der Waals surface area contributed by atoms with Gasteiger partial charge in [-0.05, 0) is 42.2 Å². The van der Waals surface area contributed by atoms with Gasteiger partial charge in [-0.2, -0.15) is 0 Å². The first-order valence-corrected chi connectivity index (χ1v) is 7.57. The summed E-state index contributed by atoms with van der Waals surface area (Å²) in [5.41, 5.74) is 2.73. The molecule has 1 aliphatic rings. The molecular formula is C16H14Cl2N2O. The van der Waals surface area contributed by atoms with E-state index < -0.39 is 0 Å². The average molecular weight is 321 g/mol. The maximum absolute atomic E-state index is 11.7. The van der Waals surface area contributed by atoms with Crippen molar-refractivity contribution in [3.63, 3.8) is 0 Å². The summed E-state index contributed by atoms with van der Waals surface area (Å²) < 4.78 is 0. The van der Waals surface area contributed by atoms with Gasteiger partial charge < -0.3 is 5.32 Å². The third-order valence-electron chi connectivity index (χ3n) is 3.75. The van der Waals surface area contributed by atoms with E-state index in [1.165, 1.54) is 0 Å². The minimum absolute atomic E-state index is 0.0377. The fourth-order valence-corrected chi connectivity index (χ4v) is 3.23. The third-order valence-corrected chi connectivity index (χ3v) is 4.42. The zero-order valence-electron chi connectivity index (χ0n) is 11.3. The summed E-state index contributed by atoms with van der Waals surface area (Å²) in [7, 11) is 0. The van der Waals surface area contributed by atoms with Crippen LogP contribution in [0.1, 0.15) is 12.0 Å². The first-order chi connectivity index (χ1) is 10.1. The molecule has 1 unspecified atom stereocenters. The smallest absolute Gasteiger partial charge is 0.223 e. The predicted octanol–water partition coefficient (Wildman–Crippen LogP) is 3.73. The summed E-state index contributed by atoms with van der Waals surface area (Å²) in [4.78, 5) is 15.8. The molecule has 3 rings (SSSR count). The van der Waals surface area contributed by atoms with E-state index in [1.54, 1.807) is 12.4 Å². The first-order valence-electron chi connectivity index (χ1n) is 6.81. The second kappa shape index (κ2) is 6.04. The van der Waals surface area contributed by atoms with Gasteiger partial charge in [-0.25, -0.2) is 0 Å². The second-order valence-electron chi connectivity index (χ2n) is 5.14. The number of nitrogens with zero attached hydrogens (tertiary/aromatic N) is 1. The number of nitrogens with one attached hydrogen (secondary N) is 1. The van der Waals surface area contributed by atoms with E-state index in [-0.39, 0.29) is 11.8 Å². The third kappa shape index (κ3) is 3.04. The second-order valence-corrected chi connectivity index (χ2v) is 5.96. The Morgan fingerprint density at radius 2 is 2.00 bits per heavy atom. The minimum Gasteiger partial charge on any atom is -0.356 e. The standard InChI is InChI=1S/C16H14Cl2N2O/c17-14-7-12(11-2-1-4-19-9-11)8-15(18)13(14)6-10-3-5-20-16(10)21/h1-2,4,7-10H,3,5-6H2,(H,20,21). The molecule has 1 aromatic carbocycles. The van der Waals surface area contributed by atoms with Gasteiger partial charge in [-0.15, -0.1) is 0 Å². The van der Waals surface area contributed by atoms with Crippen molar-refractivity contribution in [2.24, 2.45) is 5.92 Å². The number of amides is 1. The molecule has 2 heterocycles. The van der Waals surface area contributed by atoms with E-state index in [4.69, 9.17) is 23.2 Å². The number of rotatable bonds is 3. The number of pyridine rings is 1.